The van der Waals surface area contributed by atoms with Gasteiger partial charge < -0.3 is 20.1 Å². The summed E-state index contributed by atoms with van der Waals surface area (Å²) < 4.78 is 5.31. The molecule has 0 aromatic rings. The third-order valence-electron chi connectivity index (χ3n) is 3.69. The Labute approximate surface area is 116 Å². The smallest absolute Gasteiger partial charge is 0.223 e. The van der Waals surface area contributed by atoms with Crippen LogP contribution in [0.1, 0.15) is 26.7 Å². The number of rotatable bonds is 6. The molecule has 0 aromatic carbocycles. The number of likely N-dealkylation sites (N-methyl/N-ethyl adjacent to an activating group) is 1. The van der Waals surface area contributed by atoms with E-state index < -0.39 is 5.60 Å². The van der Waals surface area contributed by atoms with Gasteiger partial charge in [0.05, 0.1) is 5.60 Å². The fourth-order valence-corrected chi connectivity index (χ4v) is 2.61. The summed E-state index contributed by atoms with van der Waals surface area (Å²) in [6, 6.07) is 0. The molecule has 1 amide bonds. The van der Waals surface area contributed by atoms with Gasteiger partial charge in [0, 0.05) is 32.2 Å². The highest BCUT2D eigenvalue weighted by atomic mass is 16.5. The lowest BCUT2D eigenvalue weighted by Gasteiger charge is -2.30. The fourth-order valence-electron chi connectivity index (χ4n) is 2.61. The summed E-state index contributed by atoms with van der Waals surface area (Å²) in [7, 11) is 3.81. The SMILES string of the molecule is CC(C(=O)NCC(C)(O)CN(C)C)C1CCOCC1. The third-order valence-corrected chi connectivity index (χ3v) is 3.69. The molecule has 0 spiro atoms. The van der Waals surface area contributed by atoms with E-state index in [2.05, 4.69) is 5.32 Å². The van der Waals surface area contributed by atoms with E-state index in [4.69, 9.17) is 4.74 Å². The number of carbonyl (C=O) groups is 1. The molecular weight excluding hydrogens is 244 g/mol. The number of amides is 1. The quantitative estimate of drug-likeness (QED) is 0.738. The second kappa shape index (κ2) is 7.22. The molecule has 1 rings (SSSR count). The summed E-state index contributed by atoms with van der Waals surface area (Å²) in [5, 5.41) is 13.0. The van der Waals surface area contributed by atoms with Crippen LogP contribution in [0.15, 0.2) is 0 Å². The van der Waals surface area contributed by atoms with Crippen LogP contribution in [0.5, 0.6) is 0 Å². The van der Waals surface area contributed by atoms with E-state index >= 15 is 0 Å². The van der Waals surface area contributed by atoms with Crippen molar-refractivity contribution in [1.82, 2.24) is 10.2 Å². The van der Waals surface area contributed by atoms with Gasteiger partial charge in [0.1, 0.15) is 0 Å². The lowest BCUT2D eigenvalue weighted by molar-refractivity contribution is -0.128. The van der Waals surface area contributed by atoms with Crippen molar-refractivity contribution < 1.29 is 14.6 Å². The van der Waals surface area contributed by atoms with Crippen LogP contribution in [0.4, 0.5) is 0 Å². The van der Waals surface area contributed by atoms with Crippen molar-refractivity contribution in [2.24, 2.45) is 11.8 Å². The van der Waals surface area contributed by atoms with Gasteiger partial charge in [-0.1, -0.05) is 6.92 Å². The van der Waals surface area contributed by atoms with Crippen LogP contribution in [-0.4, -0.2) is 61.9 Å². The van der Waals surface area contributed by atoms with Gasteiger partial charge in [-0.05, 0) is 39.8 Å². The molecule has 0 aliphatic carbocycles. The summed E-state index contributed by atoms with van der Waals surface area (Å²) in [4.78, 5) is 14.0. The number of nitrogens with one attached hydrogen (secondary N) is 1. The van der Waals surface area contributed by atoms with Crippen LogP contribution in [0.25, 0.3) is 0 Å². The minimum Gasteiger partial charge on any atom is -0.387 e. The Morgan fingerprint density at radius 1 is 1.47 bits per heavy atom. The summed E-state index contributed by atoms with van der Waals surface area (Å²) in [6.45, 7) is 6.02. The minimum absolute atomic E-state index is 0.0148. The molecule has 0 aromatic heterocycles. The molecule has 5 nitrogen and oxygen atoms in total. The second-order valence-corrected chi connectivity index (χ2v) is 6.19. The Morgan fingerprint density at radius 2 is 2.05 bits per heavy atom. The lowest BCUT2D eigenvalue weighted by Crippen LogP contribution is -2.48. The lowest BCUT2D eigenvalue weighted by atomic mass is 9.86. The van der Waals surface area contributed by atoms with Crippen LogP contribution in [0.2, 0.25) is 0 Å². The molecule has 1 fully saturated rings. The zero-order valence-corrected chi connectivity index (χ0v) is 12.6. The van der Waals surface area contributed by atoms with Crippen molar-refractivity contribution in [2.45, 2.75) is 32.3 Å². The molecule has 0 bridgehead atoms. The summed E-state index contributed by atoms with van der Waals surface area (Å²) >= 11 is 0. The Balaban J connectivity index is 2.37. The van der Waals surface area contributed by atoms with Crippen LogP contribution in [-0.2, 0) is 9.53 Å². The number of aliphatic hydroxyl groups is 1. The number of ether oxygens (including phenoxy) is 1. The van der Waals surface area contributed by atoms with Crippen LogP contribution < -0.4 is 5.32 Å². The van der Waals surface area contributed by atoms with Crippen LogP contribution in [0, 0.1) is 11.8 Å². The fraction of sp³-hybridized carbons (Fsp3) is 0.929. The molecule has 0 radical (unpaired) electrons. The van der Waals surface area contributed by atoms with Crippen molar-refractivity contribution in [3.63, 3.8) is 0 Å². The summed E-state index contributed by atoms with van der Waals surface area (Å²) in [5.41, 5.74) is -0.894. The molecule has 1 saturated heterocycles. The highest BCUT2D eigenvalue weighted by molar-refractivity contribution is 5.78. The zero-order valence-electron chi connectivity index (χ0n) is 12.6. The average Bonchev–Trinajstić information content (AvgIpc) is 2.34. The van der Waals surface area contributed by atoms with Crippen molar-refractivity contribution in [1.29, 1.82) is 0 Å². The Bertz CT molecular complexity index is 286. The van der Waals surface area contributed by atoms with Crippen molar-refractivity contribution in [2.75, 3.05) is 40.4 Å². The predicted molar refractivity (Wildman–Crippen MR) is 74.9 cm³/mol. The monoisotopic (exact) mass is 272 g/mol. The van der Waals surface area contributed by atoms with Gasteiger partial charge in [0.2, 0.25) is 5.91 Å². The first-order valence-corrected chi connectivity index (χ1v) is 7.04. The van der Waals surface area contributed by atoms with Gasteiger partial charge in [-0.3, -0.25) is 4.79 Å². The van der Waals surface area contributed by atoms with E-state index in [9.17, 15) is 9.90 Å². The summed E-state index contributed by atoms with van der Waals surface area (Å²) in [6.07, 6.45) is 1.89. The van der Waals surface area contributed by atoms with E-state index in [1.54, 1.807) is 6.92 Å². The Hall–Kier alpha value is -0.650. The number of nitrogens with zero attached hydrogens (tertiary/aromatic N) is 1. The molecule has 2 atom stereocenters. The number of hydrogen-bond acceptors (Lipinski definition) is 4. The second-order valence-electron chi connectivity index (χ2n) is 6.19. The van der Waals surface area contributed by atoms with E-state index in [0.717, 1.165) is 26.1 Å². The molecular formula is C14H28N2O3. The van der Waals surface area contributed by atoms with Crippen molar-refractivity contribution in [3.05, 3.63) is 0 Å². The van der Waals surface area contributed by atoms with Gasteiger partial charge in [0.25, 0.3) is 0 Å². The van der Waals surface area contributed by atoms with Gasteiger partial charge in [-0.15, -0.1) is 0 Å². The van der Waals surface area contributed by atoms with Gasteiger partial charge in [-0.25, -0.2) is 0 Å². The van der Waals surface area contributed by atoms with E-state index in [0.29, 0.717) is 12.5 Å². The standard InChI is InChI=1S/C14H28N2O3/c1-11(12-5-7-19-8-6-12)13(17)15-9-14(2,18)10-16(3)4/h11-12,18H,5-10H2,1-4H3,(H,15,17). The predicted octanol–water partition coefficient (Wildman–Crippen LogP) is 0.478. The van der Waals surface area contributed by atoms with Gasteiger partial charge >= 0.3 is 0 Å². The first kappa shape index (κ1) is 16.4. The van der Waals surface area contributed by atoms with Crippen molar-refractivity contribution in [3.8, 4) is 0 Å². The largest absolute Gasteiger partial charge is 0.387 e. The normalized spacial score (nSPS) is 22.0. The van der Waals surface area contributed by atoms with E-state index in [1.165, 1.54) is 0 Å². The maximum atomic E-state index is 12.1. The average molecular weight is 272 g/mol. The van der Waals surface area contributed by atoms with E-state index in [-0.39, 0.29) is 18.4 Å². The molecule has 19 heavy (non-hydrogen) atoms. The first-order valence-electron chi connectivity index (χ1n) is 7.04. The molecule has 1 heterocycles. The van der Waals surface area contributed by atoms with Crippen molar-refractivity contribution >= 4 is 5.91 Å². The maximum Gasteiger partial charge on any atom is 0.223 e. The molecule has 0 saturated carbocycles. The first-order chi connectivity index (χ1) is 8.82. The Kier molecular flexibility index (Phi) is 6.23. The Morgan fingerprint density at radius 3 is 2.58 bits per heavy atom. The highest BCUT2D eigenvalue weighted by Crippen LogP contribution is 2.23. The molecule has 112 valence electrons. The van der Waals surface area contributed by atoms with Gasteiger partial charge in [0.15, 0.2) is 0 Å². The third kappa shape index (κ3) is 5.89. The van der Waals surface area contributed by atoms with Crippen LogP contribution >= 0.6 is 0 Å². The molecule has 1 aliphatic rings. The molecule has 1 aliphatic heterocycles. The molecule has 2 N–H and O–H groups in total. The molecule has 2 unspecified atom stereocenters. The van der Waals surface area contributed by atoms with E-state index in [1.807, 2.05) is 25.9 Å². The number of hydrogen-bond donors (Lipinski definition) is 2. The van der Waals surface area contributed by atoms with Gasteiger partial charge in [-0.2, -0.15) is 0 Å². The topological polar surface area (TPSA) is 61.8 Å². The highest BCUT2D eigenvalue weighted by Gasteiger charge is 2.28. The van der Waals surface area contributed by atoms with Crippen LogP contribution in [0.3, 0.4) is 0 Å². The molecule has 5 heteroatoms. The maximum absolute atomic E-state index is 12.1. The zero-order chi connectivity index (χ0) is 14.5. The number of carbonyl (C=O) groups excluding carboxylic acids is 1. The minimum atomic E-state index is -0.894. The summed E-state index contributed by atoms with van der Waals surface area (Å²) in [5.74, 6) is 0.414.